The van der Waals surface area contributed by atoms with Crippen LogP contribution in [0, 0.1) is 0 Å². The van der Waals surface area contributed by atoms with E-state index in [1.807, 2.05) is 6.92 Å². The van der Waals surface area contributed by atoms with Gasteiger partial charge >= 0.3 is 6.18 Å². The molecule has 0 radical (unpaired) electrons. The topological polar surface area (TPSA) is 50.9 Å². The summed E-state index contributed by atoms with van der Waals surface area (Å²) in [6.07, 6.45) is -0.453. The number of unbranched alkanes of at least 4 members (excludes halogenated alkanes) is 1. The lowest BCUT2D eigenvalue weighted by atomic mass is 10.1. The molecule has 1 unspecified atom stereocenters. The molecule has 1 rings (SSSR count). The van der Waals surface area contributed by atoms with Crippen LogP contribution in [0.1, 0.15) is 38.8 Å². The number of nitrogen functional groups attached to an aromatic ring is 1. The maximum absolute atomic E-state index is 12.5. The Morgan fingerprint density at radius 1 is 1.44 bits per heavy atom. The number of nitrogens with one attached hydrogen (secondary N) is 1. The first kappa shape index (κ1) is 14.6. The van der Waals surface area contributed by atoms with Crippen molar-refractivity contribution in [3.8, 4) is 0 Å². The van der Waals surface area contributed by atoms with Crippen LogP contribution in [0.4, 0.5) is 24.5 Å². The van der Waals surface area contributed by atoms with E-state index >= 15 is 0 Å². The number of hydrogen-bond donors (Lipinski definition) is 2. The van der Waals surface area contributed by atoms with Crippen molar-refractivity contribution in [2.45, 2.75) is 45.3 Å². The second-order valence-electron chi connectivity index (χ2n) is 4.34. The smallest absolute Gasteiger partial charge is 0.396 e. The van der Waals surface area contributed by atoms with E-state index < -0.39 is 11.9 Å². The zero-order valence-electron chi connectivity index (χ0n) is 10.5. The van der Waals surface area contributed by atoms with Gasteiger partial charge in [0.1, 0.15) is 5.69 Å². The second-order valence-corrected chi connectivity index (χ2v) is 4.34. The third-order valence-electron chi connectivity index (χ3n) is 2.62. The average Bonchev–Trinajstić information content (AvgIpc) is 2.28. The van der Waals surface area contributed by atoms with Gasteiger partial charge in [-0.25, -0.2) is 4.98 Å². The molecule has 18 heavy (non-hydrogen) atoms. The summed E-state index contributed by atoms with van der Waals surface area (Å²) in [5.74, 6) is 0. The van der Waals surface area contributed by atoms with Crippen molar-refractivity contribution in [3.63, 3.8) is 0 Å². The second kappa shape index (κ2) is 5.93. The normalized spacial score (nSPS) is 13.4. The molecule has 6 heteroatoms. The van der Waals surface area contributed by atoms with Gasteiger partial charge in [-0.2, -0.15) is 13.2 Å². The molecule has 0 aliphatic heterocycles. The van der Waals surface area contributed by atoms with Crippen molar-refractivity contribution in [3.05, 3.63) is 18.0 Å². The minimum absolute atomic E-state index is 0.0794. The van der Waals surface area contributed by atoms with Gasteiger partial charge in [-0.15, -0.1) is 0 Å². The highest BCUT2D eigenvalue weighted by molar-refractivity contribution is 5.65. The van der Waals surface area contributed by atoms with E-state index in [-0.39, 0.29) is 11.7 Å². The number of halogens is 3. The zero-order chi connectivity index (χ0) is 13.8. The molecule has 1 aromatic rings. The Morgan fingerprint density at radius 3 is 2.67 bits per heavy atom. The first-order valence-electron chi connectivity index (χ1n) is 5.93. The SMILES string of the molecule is CCCCC(C)Nc1cc(C(F)(F)F)ncc1N. The molecule has 0 saturated heterocycles. The number of nitrogens with zero attached hydrogens (tertiary/aromatic N) is 1. The molecule has 0 aliphatic rings. The molecule has 0 aliphatic carbocycles. The lowest BCUT2D eigenvalue weighted by Gasteiger charge is -2.17. The standard InChI is InChI=1S/C12H18F3N3/c1-3-4-5-8(2)18-10-6-11(12(13,14)15)17-7-9(10)16/h6-8H,3-5,16H2,1-2H3,(H,17,18). The highest BCUT2D eigenvalue weighted by atomic mass is 19.4. The predicted molar refractivity (Wildman–Crippen MR) is 66.3 cm³/mol. The fourth-order valence-electron chi connectivity index (χ4n) is 1.59. The Labute approximate surface area is 105 Å². The molecular formula is C12H18F3N3. The van der Waals surface area contributed by atoms with E-state index in [0.29, 0.717) is 5.69 Å². The van der Waals surface area contributed by atoms with Crippen molar-refractivity contribution in [2.24, 2.45) is 0 Å². The van der Waals surface area contributed by atoms with E-state index in [1.54, 1.807) is 0 Å². The minimum Gasteiger partial charge on any atom is -0.396 e. The van der Waals surface area contributed by atoms with Gasteiger partial charge in [0.15, 0.2) is 0 Å². The Morgan fingerprint density at radius 2 is 2.11 bits per heavy atom. The summed E-state index contributed by atoms with van der Waals surface area (Å²) >= 11 is 0. The molecule has 0 amide bonds. The van der Waals surface area contributed by atoms with Gasteiger partial charge in [-0.3, -0.25) is 0 Å². The number of nitrogens with two attached hydrogens (primary N) is 1. The summed E-state index contributed by atoms with van der Waals surface area (Å²) in [6, 6.07) is 1.04. The van der Waals surface area contributed by atoms with Crippen LogP contribution < -0.4 is 11.1 Å². The number of hydrogen-bond acceptors (Lipinski definition) is 3. The van der Waals surface area contributed by atoms with Crippen LogP contribution in [0.25, 0.3) is 0 Å². The molecular weight excluding hydrogens is 243 g/mol. The van der Waals surface area contributed by atoms with Gasteiger partial charge in [-0.1, -0.05) is 19.8 Å². The van der Waals surface area contributed by atoms with Crippen molar-refractivity contribution in [1.29, 1.82) is 0 Å². The number of anilines is 2. The molecule has 102 valence electrons. The summed E-state index contributed by atoms with van der Waals surface area (Å²) in [5.41, 5.74) is 5.21. The van der Waals surface area contributed by atoms with Crippen molar-refractivity contribution >= 4 is 11.4 Å². The van der Waals surface area contributed by atoms with Gasteiger partial charge in [0, 0.05) is 6.04 Å². The maximum atomic E-state index is 12.5. The quantitative estimate of drug-likeness (QED) is 0.850. The lowest BCUT2D eigenvalue weighted by molar-refractivity contribution is -0.141. The van der Waals surface area contributed by atoms with E-state index in [9.17, 15) is 13.2 Å². The van der Waals surface area contributed by atoms with Crippen molar-refractivity contribution < 1.29 is 13.2 Å². The average molecular weight is 261 g/mol. The number of alkyl halides is 3. The number of pyridine rings is 1. The highest BCUT2D eigenvalue weighted by Gasteiger charge is 2.33. The minimum atomic E-state index is -4.45. The first-order chi connectivity index (χ1) is 8.34. The summed E-state index contributed by atoms with van der Waals surface area (Å²) in [4.78, 5) is 3.29. The Bertz CT molecular complexity index is 391. The monoisotopic (exact) mass is 261 g/mol. The van der Waals surface area contributed by atoms with Crippen LogP contribution in [0.15, 0.2) is 12.3 Å². The van der Waals surface area contributed by atoms with Crippen LogP contribution in [0.3, 0.4) is 0 Å². The summed E-state index contributed by atoms with van der Waals surface area (Å²) in [6.45, 7) is 3.98. The number of aromatic nitrogens is 1. The van der Waals surface area contributed by atoms with Crippen LogP contribution >= 0.6 is 0 Å². The fourth-order valence-corrected chi connectivity index (χ4v) is 1.59. The molecule has 3 nitrogen and oxygen atoms in total. The van der Waals surface area contributed by atoms with Gasteiger partial charge in [0.2, 0.25) is 0 Å². The van der Waals surface area contributed by atoms with Crippen LogP contribution in [-0.2, 0) is 6.18 Å². The highest BCUT2D eigenvalue weighted by Crippen LogP contribution is 2.31. The molecule has 0 saturated carbocycles. The molecule has 0 bridgehead atoms. The van der Waals surface area contributed by atoms with E-state index in [4.69, 9.17) is 5.73 Å². The maximum Gasteiger partial charge on any atom is 0.433 e. The Balaban J connectivity index is 2.81. The molecule has 0 spiro atoms. The molecule has 1 heterocycles. The van der Waals surface area contributed by atoms with Crippen LogP contribution in [0.5, 0.6) is 0 Å². The molecule has 1 aromatic heterocycles. The van der Waals surface area contributed by atoms with Gasteiger partial charge in [-0.05, 0) is 19.4 Å². The number of rotatable bonds is 5. The van der Waals surface area contributed by atoms with E-state index in [2.05, 4.69) is 17.2 Å². The Kier molecular flexibility index (Phi) is 4.81. The zero-order valence-corrected chi connectivity index (χ0v) is 10.5. The van der Waals surface area contributed by atoms with Gasteiger partial charge in [0.05, 0.1) is 17.6 Å². The van der Waals surface area contributed by atoms with Crippen LogP contribution in [-0.4, -0.2) is 11.0 Å². The third kappa shape index (κ3) is 4.09. The summed E-state index contributed by atoms with van der Waals surface area (Å²) in [5, 5.41) is 2.99. The lowest BCUT2D eigenvalue weighted by Crippen LogP contribution is -2.17. The molecule has 1 atom stereocenters. The van der Waals surface area contributed by atoms with Gasteiger partial charge < -0.3 is 11.1 Å². The Hall–Kier alpha value is -1.46. The van der Waals surface area contributed by atoms with Crippen molar-refractivity contribution in [2.75, 3.05) is 11.1 Å². The predicted octanol–water partition coefficient (Wildman–Crippen LogP) is 3.67. The van der Waals surface area contributed by atoms with E-state index in [1.165, 1.54) is 0 Å². The summed E-state index contributed by atoms with van der Waals surface area (Å²) in [7, 11) is 0. The largest absolute Gasteiger partial charge is 0.433 e. The van der Waals surface area contributed by atoms with Crippen molar-refractivity contribution in [1.82, 2.24) is 4.98 Å². The molecule has 0 fully saturated rings. The van der Waals surface area contributed by atoms with Gasteiger partial charge in [0.25, 0.3) is 0 Å². The summed E-state index contributed by atoms with van der Waals surface area (Å²) < 4.78 is 37.5. The van der Waals surface area contributed by atoms with E-state index in [0.717, 1.165) is 31.5 Å². The fraction of sp³-hybridized carbons (Fsp3) is 0.583. The first-order valence-corrected chi connectivity index (χ1v) is 5.93. The van der Waals surface area contributed by atoms with Crippen LogP contribution in [0.2, 0.25) is 0 Å². The molecule has 3 N–H and O–H groups in total. The third-order valence-corrected chi connectivity index (χ3v) is 2.62. The molecule has 0 aromatic carbocycles.